The Labute approximate surface area is 219 Å². The van der Waals surface area contributed by atoms with Crippen molar-refractivity contribution in [2.24, 2.45) is 5.14 Å². The molecule has 1 aromatic carbocycles. The van der Waals surface area contributed by atoms with Crippen molar-refractivity contribution in [3.63, 3.8) is 0 Å². The van der Waals surface area contributed by atoms with Crippen molar-refractivity contribution in [3.05, 3.63) is 57.9 Å². The van der Waals surface area contributed by atoms with Gasteiger partial charge in [0.05, 0.1) is 18.1 Å². The predicted molar refractivity (Wildman–Crippen MR) is 117 cm³/mol. The van der Waals surface area contributed by atoms with E-state index in [-0.39, 0.29) is 54.2 Å². The number of thioether (sulfide) groups is 1. The van der Waals surface area contributed by atoms with Gasteiger partial charge in [-0.1, -0.05) is 6.07 Å². The molecule has 1 fully saturated rings. The molecule has 1 unspecified atom stereocenters. The van der Waals surface area contributed by atoms with Gasteiger partial charge in [-0.3, -0.25) is 19.6 Å². The number of hydrogen-bond acceptors (Lipinski definition) is 9. The van der Waals surface area contributed by atoms with Gasteiger partial charge in [-0.05, 0) is 47.7 Å². The second-order valence-corrected chi connectivity index (χ2v) is 9.67. The summed E-state index contributed by atoms with van der Waals surface area (Å²) < 4.78 is 5.70. The van der Waals surface area contributed by atoms with Crippen molar-refractivity contribution in [1.82, 2.24) is 10.2 Å². The minimum Gasteiger partial charge on any atom is -0.543 e. The Bertz CT molecular complexity index is 1030. The van der Waals surface area contributed by atoms with Gasteiger partial charge in [-0.25, -0.2) is 0 Å². The molecule has 32 heavy (non-hydrogen) atoms. The monoisotopic (exact) mass is 499 g/mol. The molecule has 0 bridgehead atoms. The van der Waals surface area contributed by atoms with Gasteiger partial charge in [0, 0.05) is 21.1 Å². The summed E-state index contributed by atoms with van der Waals surface area (Å²) in [5.41, 5.74) is 0.280. The maximum Gasteiger partial charge on any atom is 1.00 e. The fraction of sp³-hybridized carbons (Fsp3) is 0.250. The Morgan fingerprint density at radius 1 is 1.28 bits per heavy atom. The number of carboxylic acids is 1. The van der Waals surface area contributed by atoms with Gasteiger partial charge in [0.25, 0.3) is 5.91 Å². The molecular weight excluding hydrogens is 481 g/mol. The van der Waals surface area contributed by atoms with Gasteiger partial charge in [0.2, 0.25) is 5.91 Å². The molecule has 1 saturated heterocycles. The Kier molecular flexibility index (Phi) is 8.73. The second kappa shape index (κ2) is 11.1. The van der Waals surface area contributed by atoms with Gasteiger partial charge in [-0.15, -0.1) is 23.1 Å². The molecule has 0 aliphatic carbocycles. The summed E-state index contributed by atoms with van der Waals surface area (Å²) in [6.45, 7) is 0.0112. The van der Waals surface area contributed by atoms with Crippen LogP contribution in [0.5, 0.6) is 5.75 Å². The quantitative estimate of drug-likeness (QED) is 0.237. The standard InChI is InChI=1S/C20H19N3O5S3.Na/c21-31-13-5-3-12(4-6-13)28-9-11-10-30-19-16(18(25)23(19)17(11)20(26)27)22-15(24)8-14-2-1-7-29-14;/h1-7,16,19H,8-10,21H2,(H,22,24)(H,26,27);/q;+1/p-1/t16?,19-;/m1./s1. The molecule has 0 spiro atoms. The number of hydrogen-bond donors (Lipinski definition) is 2. The fourth-order valence-corrected chi connectivity index (χ4v) is 5.69. The number of nitrogens with one attached hydrogen (secondary N) is 1. The summed E-state index contributed by atoms with van der Waals surface area (Å²) in [6, 6.07) is 10.0. The topological polar surface area (TPSA) is 125 Å². The number of fused-ring (bicyclic) bond motifs is 1. The zero-order valence-electron chi connectivity index (χ0n) is 17.1. The summed E-state index contributed by atoms with van der Waals surface area (Å²) in [4.78, 5) is 39.7. The molecule has 1 aromatic heterocycles. The number of carbonyl (C=O) groups excluding carboxylic acids is 3. The molecule has 12 heteroatoms. The van der Waals surface area contributed by atoms with E-state index in [9.17, 15) is 19.5 Å². The summed E-state index contributed by atoms with van der Waals surface area (Å²) in [6.07, 6.45) is 0.183. The van der Waals surface area contributed by atoms with Crippen LogP contribution in [-0.2, 0) is 20.8 Å². The van der Waals surface area contributed by atoms with E-state index < -0.39 is 23.3 Å². The van der Waals surface area contributed by atoms with Gasteiger partial charge in [-0.2, -0.15) is 0 Å². The SMILES string of the molecule is NSc1ccc(OCC2=C(C(=O)[O-])N3C(=O)C(NC(=O)Cc4cccs4)[C@H]3SC2)cc1.[Na+]. The van der Waals surface area contributed by atoms with Crippen LogP contribution in [0.15, 0.2) is 57.9 Å². The van der Waals surface area contributed by atoms with Gasteiger partial charge >= 0.3 is 29.6 Å². The van der Waals surface area contributed by atoms with E-state index in [0.29, 0.717) is 17.1 Å². The first-order chi connectivity index (χ1) is 15.0. The van der Waals surface area contributed by atoms with Crippen LogP contribution in [0.3, 0.4) is 0 Å². The van der Waals surface area contributed by atoms with Crippen molar-refractivity contribution < 1.29 is 53.8 Å². The Morgan fingerprint density at radius 2 is 2.03 bits per heavy atom. The van der Waals surface area contributed by atoms with Crippen molar-refractivity contribution in [1.29, 1.82) is 0 Å². The maximum absolute atomic E-state index is 12.7. The minimum atomic E-state index is -1.43. The van der Waals surface area contributed by atoms with Crippen LogP contribution >= 0.6 is 35.0 Å². The largest absolute Gasteiger partial charge is 1.00 e. The normalized spacial score (nSPS) is 19.5. The number of nitrogens with zero attached hydrogens (tertiary/aromatic N) is 1. The van der Waals surface area contributed by atoms with Gasteiger partial charge < -0.3 is 20.0 Å². The van der Waals surface area contributed by atoms with E-state index in [4.69, 9.17) is 9.88 Å². The first-order valence-corrected chi connectivity index (χ1v) is 12.1. The first-order valence-electron chi connectivity index (χ1n) is 9.27. The molecule has 4 rings (SSSR count). The zero-order valence-corrected chi connectivity index (χ0v) is 21.6. The number of β-lactam (4-membered cyclic amide) rings is 1. The molecule has 2 aliphatic heterocycles. The van der Waals surface area contributed by atoms with E-state index in [0.717, 1.165) is 21.7 Å². The third-order valence-electron chi connectivity index (χ3n) is 4.84. The van der Waals surface area contributed by atoms with Crippen molar-refractivity contribution >= 4 is 52.8 Å². The Morgan fingerprint density at radius 3 is 2.66 bits per heavy atom. The van der Waals surface area contributed by atoms with Gasteiger partial charge in [0.15, 0.2) is 0 Å². The average Bonchev–Trinajstić information content (AvgIpc) is 3.28. The molecular formula is C20H18N3NaO5S3. The smallest absolute Gasteiger partial charge is 0.543 e. The molecule has 2 aliphatic rings. The third kappa shape index (κ3) is 5.36. The Hall–Kier alpha value is -1.47. The summed E-state index contributed by atoms with van der Waals surface area (Å²) in [5.74, 6) is -1.25. The minimum absolute atomic E-state index is 0. The van der Waals surface area contributed by atoms with Gasteiger partial charge in [0.1, 0.15) is 23.8 Å². The predicted octanol–water partition coefficient (Wildman–Crippen LogP) is -2.26. The summed E-state index contributed by atoms with van der Waals surface area (Å²) >= 11 is 3.96. The summed E-state index contributed by atoms with van der Waals surface area (Å²) in [7, 11) is 0. The van der Waals surface area contributed by atoms with Crippen molar-refractivity contribution in [2.45, 2.75) is 22.7 Å². The number of rotatable bonds is 8. The Balaban J connectivity index is 0.00000289. The van der Waals surface area contributed by atoms with E-state index in [1.165, 1.54) is 28.0 Å². The summed E-state index contributed by atoms with van der Waals surface area (Å²) in [5, 5.41) is 21.4. The second-order valence-electron chi connectivity index (χ2n) is 6.83. The van der Waals surface area contributed by atoms with Crippen LogP contribution in [0.4, 0.5) is 0 Å². The van der Waals surface area contributed by atoms with E-state index in [2.05, 4.69) is 5.32 Å². The van der Waals surface area contributed by atoms with Crippen LogP contribution in [0.1, 0.15) is 4.88 Å². The third-order valence-corrected chi connectivity index (χ3v) is 7.61. The van der Waals surface area contributed by atoms with Crippen molar-refractivity contribution in [2.75, 3.05) is 12.4 Å². The fourth-order valence-electron chi connectivity index (χ4n) is 3.36. The molecule has 2 aromatic rings. The maximum atomic E-state index is 12.7. The number of carbonyl (C=O) groups is 3. The first kappa shape index (κ1) is 25.2. The molecule has 3 N–H and O–H groups in total. The number of carboxylic acid groups (broad SMARTS) is 1. The number of thiophene rings is 1. The van der Waals surface area contributed by atoms with E-state index in [1.54, 1.807) is 24.3 Å². The van der Waals surface area contributed by atoms with Crippen LogP contribution in [0, 0.1) is 0 Å². The van der Waals surface area contributed by atoms with E-state index in [1.807, 2.05) is 17.5 Å². The zero-order chi connectivity index (χ0) is 22.0. The molecule has 2 atom stereocenters. The average molecular weight is 500 g/mol. The van der Waals surface area contributed by atoms with Crippen LogP contribution in [0.2, 0.25) is 0 Å². The number of nitrogens with two attached hydrogens (primary N) is 1. The van der Waals surface area contributed by atoms with Crippen LogP contribution in [0.25, 0.3) is 0 Å². The number of benzene rings is 1. The van der Waals surface area contributed by atoms with Crippen LogP contribution in [-0.4, -0.2) is 46.5 Å². The number of ether oxygens (including phenoxy) is 1. The molecule has 0 saturated carbocycles. The molecule has 2 amide bonds. The molecule has 162 valence electrons. The molecule has 8 nitrogen and oxygen atoms in total. The number of aliphatic carboxylic acids is 1. The molecule has 3 heterocycles. The van der Waals surface area contributed by atoms with E-state index >= 15 is 0 Å². The van der Waals surface area contributed by atoms with Crippen molar-refractivity contribution in [3.8, 4) is 5.75 Å². The van der Waals surface area contributed by atoms with Crippen LogP contribution < -0.4 is 49.9 Å². The molecule has 0 radical (unpaired) electrons. The number of amides is 2.